The summed E-state index contributed by atoms with van der Waals surface area (Å²) in [4.78, 5) is 13.0. The van der Waals surface area contributed by atoms with E-state index in [-0.39, 0.29) is 6.04 Å². The molecule has 3 nitrogen and oxygen atoms in total. The smallest absolute Gasteiger partial charge is 0.320 e. The average Bonchev–Trinajstić information content (AvgIpc) is 2.46. The zero-order valence-corrected chi connectivity index (χ0v) is 8.49. The molecule has 1 rings (SSSR count). The van der Waals surface area contributed by atoms with Gasteiger partial charge in [0.1, 0.15) is 6.04 Å². The van der Waals surface area contributed by atoms with E-state index in [0.717, 1.165) is 32.4 Å². The number of carbonyl (C=O) groups is 1. The van der Waals surface area contributed by atoms with Crippen molar-refractivity contribution in [1.82, 2.24) is 4.90 Å². The van der Waals surface area contributed by atoms with Crippen molar-refractivity contribution in [3.63, 3.8) is 0 Å². The van der Waals surface area contributed by atoms with Crippen molar-refractivity contribution in [1.29, 1.82) is 0 Å². The summed E-state index contributed by atoms with van der Waals surface area (Å²) in [5, 5.41) is 9.01. The van der Waals surface area contributed by atoms with Crippen LogP contribution < -0.4 is 0 Å². The maximum Gasteiger partial charge on any atom is 0.320 e. The Balaban J connectivity index is 2.49. The fourth-order valence-corrected chi connectivity index (χ4v) is 1.99. The Bertz CT molecular complexity index is 182. The monoisotopic (exact) mass is 185 g/mol. The van der Waals surface area contributed by atoms with Crippen LogP contribution in [0.25, 0.3) is 0 Å². The molecule has 1 aliphatic heterocycles. The van der Waals surface area contributed by atoms with E-state index >= 15 is 0 Å². The highest BCUT2D eigenvalue weighted by Crippen LogP contribution is 2.20. The Morgan fingerprint density at radius 1 is 1.69 bits per heavy atom. The van der Waals surface area contributed by atoms with E-state index in [4.69, 9.17) is 5.11 Å². The van der Waals surface area contributed by atoms with E-state index in [1.165, 1.54) is 0 Å². The lowest BCUT2D eigenvalue weighted by molar-refractivity contribution is -0.143. The van der Waals surface area contributed by atoms with E-state index in [9.17, 15) is 4.79 Å². The van der Waals surface area contributed by atoms with Crippen molar-refractivity contribution >= 4 is 5.97 Å². The summed E-state index contributed by atoms with van der Waals surface area (Å²) in [6.45, 7) is 6.13. The lowest BCUT2D eigenvalue weighted by Crippen LogP contribution is -2.39. The first-order valence-corrected chi connectivity index (χ1v) is 5.12. The Morgan fingerprint density at radius 2 is 2.38 bits per heavy atom. The summed E-state index contributed by atoms with van der Waals surface area (Å²) < 4.78 is 0. The fourth-order valence-electron chi connectivity index (χ4n) is 1.99. The maximum atomic E-state index is 10.9. The molecule has 0 aromatic carbocycles. The molecule has 3 heteroatoms. The Kier molecular flexibility index (Phi) is 3.72. The molecule has 0 amide bonds. The van der Waals surface area contributed by atoms with Crippen LogP contribution in [0.1, 0.15) is 33.1 Å². The molecule has 2 unspecified atom stereocenters. The summed E-state index contributed by atoms with van der Waals surface area (Å²) in [5.41, 5.74) is 0. The summed E-state index contributed by atoms with van der Waals surface area (Å²) in [6, 6.07) is -0.241. The number of aliphatic carboxylic acids is 1. The number of carboxylic acids is 1. The molecule has 1 fully saturated rings. The third-order valence-corrected chi connectivity index (χ3v) is 2.74. The molecule has 2 atom stereocenters. The van der Waals surface area contributed by atoms with E-state index in [1.54, 1.807) is 0 Å². The van der Waals surface area contributed by atoms with Crippen LogP contribution in [0.5, 0.6) is 0 Å². The largest absolute Gasteiger partial charge is 0.480 e. The van der Waals surface area contributed by atoms with Gasteiger partial charge in [-0.2, -0.15) is 0 Å². The molecule has 1 aliphatic rings. The Hall–Kier alpha value is -0.570. The van der Waals surface area contributed by atoms with Crippen LogP contribution >= 0.6 is 0 Å². The first kappa shape index (κ1) is 10.5. The fraction of sp³-hybridized carbons (Fsp3) is 0.900. The SMILES string of the molecule is CCCC(C(=O)O)N1CCC(C)C1. The van der Waals surface area contributed by atoms with Gasteiger partial charge in [0, 0.05) is 6.54 Å². The van der Waals surface area contributed by atoms with Crippen LogP contribution in [0, 0.1) is 5.92 Å². The van der Waals surface area contributed by atoms with Crippen molar-refractivity contribution in [3.05, 3.63) is 0 Å². The first-order valence-electron chi connectivity index (χ1n) is 5.12. The molecule has 0 radical (unpaired) electrons. The van der Waals surface area contributed by atoms with E-state index in [2.05, 4.69) is 11.8 Å². The number of likely N-dealkylation sites (tertiary alicyclic amines) is 1. The van der Waals surface area contributed by atoms with E-state index in [1.807, 2.05) is 6.92 Å². The summed E-state index contributed by atoms with van der Waals surface area (Å²) in [5.74, 6) is 0.00894. The maximum absolute atomic E-state index is 10.9. The molecule has 0 spiro atoms. The van der Waals surface area contributed by atoms with Gasteiger partial charge in [-0.3, -0.25) is 9.69 Å². The molecular weight excluding hydrogens is 166 g/mol. The van der Waals surface area contributed by atoms with Crippen LogP contribution in [0.3, 0.4) is 0 Å². The van der Waals surface area contributed by atoms with Crippen LogP contribution in [0.2, 0.25) is 0 Å². The molecule has 76 valence electrons. The number of nitrogens with zero attached hydrogens (tertiary/aromatic N) is 1. The third-order valence-electron chi connectivity index (χ3n) is 2.74. The van der Waals surface area contributed by atoms with Gasteiger partial charge in [-0.15, -0.1) is 0 Å². The lowest BCUT2D eigenvalue weighted by atomic mass is 10.1. The molecule has 13 heavy (non-hydrogen) atoms. The van der Waals surface area contributed by atoms with E-state index in [0.29, 0.717) is 5.92 Å². The minimum absolute atomic E-state index is 0.241. The van der Waals surface area contributed by atoms with Gasteiger partial charge in [0.15, 0.2) is 0 Å². The predicted molar refractivity (Wildman–Crippen MR) is 51.7 cm³/mol. The van der Waals surface area contributed by atoms with Crippen molar-refractivity contribution in [2.24, 2.45) is 5.92 Å². The third kappa shape index (κ3) is 2.69. The van der Waals surface area contributed by atoms with Gasteiger partial charge in [-0.05, 0) is 25.3 Å². The van der Waals surface area contributed by atoms with Gasteiger partial charge < -0.3 is 5.11 Å². The van der Waals surface area contributed by atoms with Gasteiger partial charge in [0.2, 0.25) is 0 Å². The topological polar surface area (TPSA) is 40.5 Å². The van der Waals surface area contributed by atoms with E-state index < -0.39 is 5.97 Å². The molecule has 0 saturated carbocycles. The average molecular weight is 185 g/mol. The molecule has 0 aliphatic carbocycles. The molecule has 0 bridgehead atoms. The highest BCUT2D eigenvalue weighted by molar-refractivity contribution is 5.73. The second kappa shape index (κ2) is 4.61. The Labute approximate surface area is 79.7 Å². The molecule has 0 aromatic heterocycles. The molecule has 1 N–H and O–H groups in total. The van der Waals surface area contributed by atoms with Crippen molar-refractivity contribution in [2.75, 3.05) is 13.1 Å². The van der Waals surface area contributed by atoms with Gasteiger partial charge >= 0.3 is 5.97 Å². The number of rotatable bonds is 4. The summed E-state index contributed by atoms with van der Waals surface area (Å²) in [6.07, 6.45) is 2.87. The van der Waals surface area contributed by atoms with Crippen molar-refractivity contribution in [2.45, 2.75) is 39.2 Å². The van der Waals surface area contributed by atoms with Crippen LogP contribution in [-0.4, -0.2) is 35.1 Å². The van der Waals surface area contributed by atoms with Crippen molar-refractivity contribution < 1.29 is 9.90 Å². The van der Waals surface area contributed by atoms with Crippen LogP contribution in [-0.2, 0) is 4.79 Å². The second-order valence-corrected chi connectivity index (χ2v) is 4.03. The highest BCUT2D eigenvalue weighted by Gasteiger charge is 2.29. The van der Waals surface area contributed by atoms with Gasteiger partial charge in [-0.1, -0.05) is 20.3 Å². The molecule has 1 saturated heterocycles. The zero-order valence-electron chi connectivity index (χ0n) is 8.49. The minimum atomic E-state index is -0.657. The Morgan fingerprint density at radius 3 is 2.77 bits per heavy atom. The quantitative estimate of drug-likeness (QED) is 0.723. The number of carboxylic acid groups (broad SMARTS) is 1. The lowest BCUT2D eigenvalue weighted by Gasteiger charge is -2.23. The van der Waals surface area contributed by atoms with Crippen molar-refractivity contribution in [3.8, 4) is 0 Å². The normalized spacial score (nSPS) is 26.2. The predicted octanol–water partition coefficient (Wildman–Crippen LogP) is 1.58. The van der Waals surface area contributed by atoms with Crippen LogP contribution in [0.15, 0.2) is 0 Å². The molecule has 1 heterocycles. The molecule has 0 aromatic rings. The summed E-state index contributed by atoms with van der Waals surface area (Å²) in [7, 11) is 0. The molecular formula is C10H19NO2. The zero-order chi connectivity index (χ0) is 9.84. The summed E-state index contributed by atoms with van der Waals surface area (Å²) >= 11 is 0. The van der Waals surface area contributed by atoms with Gasteiger partial charge in [0.25, 0.3) is 0 Å². The van der Waals surface area contributed by atoms with Crippen LogP contribution in [0.4, 0.5) is 0 Å². The second-order valence-electron chi connectivity index (χ2n) is 4.03. The van der Waals surface area contributed by atoms with Gasteiger partial charge in [0.05, 0.1) is 0 Å². The van der Waals surface area contributed by atoms with Gasteiger partial charge in [-0.25, -0.2) is 0 Å². The minimum Gasteiger partial charge on any atom is -0.480 e. The number of hydrogen-bond donors (Lipinski definition) is 1. The highest BCUT2D eigenvalue weighted by atomic mass is 16.4. The standard InChI is InChI=1S/C10H19NO2/c1-3-4-9(10(12)13)11-6-5-8(2)7-11/h8-9H,3-7H2,1-2H3,(H,12,13). The number of hydrogen-bond acceptors (Lipinski definition) is 2. The first-order chi connectivity index (χ1) is 6.15.